The summed E-state index contributed by atoms with van der Waals surface area (Å²) < 4.78 is 48.8. The second-order valence-electron chi connectivity index (χ2n) is 4.55. The second-order valence-corrected chi connectivity index (χ2v) is 4.55. The minimum absolute atomic E-state index is 0.0478. The van der Waals surface area contributed by atoms with E-state index in [1.807, 2.05) is 0 Å². The monoisotopic (exact) mass is 290 g/mol. The second kappa shape index (κ2) is 5.22. The summed E-state index contributed by atoms with van der Waals surface area (Å²) in [7, 11) is 0. The molecular weight excluding hydrogens is 277 g/mol. The van der Waals surface area contributed by atoms with Crippen LogP contribution in [-0.2, 0) is 4.79 Å². The largest absolute Gasteiger partial charge is 0.486 e. The average molecular weight is 290 g/mol. The van der Waals surface area contributed by atoms with E-state index >= 15 is 0 Å². The number of fused-ring (bicyclic) bond motifs is 1. The Kier molecular flexibility index (Phi) is 3.78. The summed E-state index contributed by atoms with van der Waals surface area (Å²) in [5.41, 5.74) is 0.0478. The topological polar surface area (TPSA) is 55.8 Å². The number of carboxylic acids is 1. The molecule has 1 aromatic carbocycles. The van der Waals surface area contributed by atoms with E-state index in [0.29, 0.717) is 12.4 Å². The summed E-state index contributed by atoms with van der Waals surface area (Å²) in [4.78, 5) is 11.2. The standard InChI is InChI=1S/C13H13F3O4/c1-7(13(14,15)16)11(12(17)18)8-2-3-9-10(6-8)20-5-4-19-9/h2-3,6-7,11H,4-5H2,1H3,(H,17,18)/t7-,11-/m1/s1. The molecule has 1 aromatic rings. The van der Waals surface area contributed by atoms with Crippen LogP contribution in [0.3, 0.4) is 0 Å². The van der Waals surface area contributed by atoms with Gasteiger partial charge in [0.1, 0.15) is 13.2 Å². The first-order chi connectivity index (χ1) is 9.30. The lowest BCUT2D eigenvalue weighted by Crippen LogP contribution is -2.31. The molecule has 4 nitrogen and oxygen atoms in total. The Bertz CT molecular complexity index is 513. The Morgan fingerprint density at radius 3 is 2.40 bits per heavy atom. The van der Waals surface area contributed by atoms with Crippen LogP contribution in [0.5, 0.6) is 11.5 Å². The summed E-state index contributed by atoms with van der Waals surface area (Å²) in [6.45, 7) is 1.49. The molecule has 1 heterocycles. The predicted molar refractivity (Wildman–Crippen MR) is 63.0 cm³/mol. The molecule has 0 fully saturated rings. The van der Waals surface area contributed by atoms with Crippen molar-refractivity contribution >= 4 is 5.97 Å². The van der Waals surface area contributed by atoms with Crippen LogP contribution in [0.25, 0.3) is 0 Å². The zero-order valence-electron chi connectivity index (χ0n) is 10.6. The van der Waals surface area contributed by atoms with Crippen molar-refractivity contribution in [3.8, 4) is 11.5 Å². The van der Waals surface area contributed by atoms with Gasteiger partial charge in [0, 0.05) is 0 Å². The molecule has 20 heavy (non-hydrogen) atoms. The van der Waals surface area contributed by atoms with E-state index in [0.717, 1.165) is 6.92 Å². The third-order valence-corrected chi connectivity index (χ3v) is 3.21. The van der Waals surface area contributed by atoms with Crippen LogP contribution in [0.15, 0.2) is 18.2 Å². The Balaban J connectivity index is 2.37. The number of hydrogen-bond donors (Lipinski definition) is 1. The Labute approximate surface area is 113 Å². The van der Waals surface area contributed by atoms with Crippen LogP contribution in [0.1, 0.15) is 18.4 Å². The van der Waals surface area contributed by atoms with E-state index < -0.39 is 24.0 Å². The molecule has 2 rings (SSSR count). The minimum atomic E-state index is -4.59. The van der Waals surface area contributed by atoms with Gasteiger partial charge in [-0.25, -0.2) is 0 Å². The van der Waals surface area contributed by atoms with Gasteiger partial charge in [-0.2, -0.15) is 13.2 Å². The van der Waals surface area contributed by atoms with Crippen molar-refractivity contribution in [3.05, 3.63) is 23.8 Å². The van der Waals surface area contributed by atoms with Crippen molar-refractivity contribution in [2.45, 2.75) is 19.0 Å². The third kappa shape index (κ3) is 2.81. The molecule has 0 saturated carbocycles. The van der Waals surface area contributed by atoms with Crippen molar-refractivity contribution in [2.75, 3.05) is 13.2 Å². The third-order valence-electron chi connectivity index (χ3n) is 3.21. The Morgan fingerprint density at radius 2 is 1.85 bits per heavy atom. The van der Waals surface area contributed by atoms with E-state index in [1.165, 1.54) is 18.2 Å². The highest BCUT2D eigenvalue weighted by Crippen LogP contribution is 2.40. The maximum Gasteiger partial charge on any atom is 0.392 e. The number of rotatable bonds is 3. The molecule has 2 atom stereocenters. The first-order valence-corrected chi connectivity index (χ1v) is 6.00. The fourth-order valence-corrected chi connectivity index (χ4v) is 2.09. The molecule has 7 heteroatoms. The first-order valence-electron chi connectivity index (χ1n) is 6.00. The van der Waals surface area contributed by atoms with E-state index in [4.69, 9.17) is 14.6 Å². The van der Waals surface area contributed by atoms with E-state index in [9.17, 15) is 18.0 Å². The zero-order valence-corrected chi connectivity index (χ0v) is 10.6. The van der Waals surface area contributed by atoms with Crippen LogP contribution >= 0.6 is 0 Å². The molecule has 0 aliphatic carbocycles. The number of ether oxygens (including phenoxy) is 2. The molecule has 0 spiro atoms. The quantitative estimate of drug-likeness (QED) is 0.930. The highest BCUT2D eigenvalue weighted by Gasteiger charge is 2.45. The first kappa shape index (κ1) is 14.5. The average Bonchev–Trinajstić information content (AvgIpc) is 2.37. The van der Waals surface area contributed by atoms with Crippen LogP contribution in [0.4, 0.5) is 13.2 Å². The van der Waals surface area contributed by atoms with Gasteiger partial charge in [0.2, 0.25) is 0 Å². The van der Waals surface area contributed by atoms with E-state index in [2.05, 4.69) is 0 Å². The molecule has 1 aliphatic heterocycles. The lowest BCUT2D eigenvalue weighted by molar-refractivity contribution is -0.183. The van der Waals surface area contributed by atoms with Gasteiger partial charge in [-0.15, -0.1) is 0 Å². The molecule has 1 N–H and O–H groups in total. The number of benzene rings is 1. The van der Waals surface area contributed by atoms with Crippen molar-refractivity contribution in [1.29, 1.82) is 0 Å². The number of hydrogen-bond acceptors (Lipinski definition) is 3. The van der Waals surface area contributed by atoms with Gasteiger partial charge in [0.05, 0.1) is 11.8 Å². The lowest BCUT2D eigenvalue weighted by Gasteiger charge is -2.25. The van der Waals surface area contributed by atoms with Crippen LogP contribution in [0, 0.1) is 5.92 Å². The van der Waals surface area contributed by atoms with Gasteiger partial charge in [-0.1, -0.05) is 13.0 Å². The molecule has 0 bridgehead atoms. The molecule has 110 valence electrons. The number of carbonyl (C=O) groups is 1. The molecule has 0 aromatic heterocycles. The maximum absolute atomic E-state index is 12.8. The smallest absolute Gasteiger partial charge is 0.392 e. The van der Waals surface area contributed by atoms with Crippen LogP contribution < -0.4 is 9.47 Å². The molecule has 0 saturated heterocycles. The number of alkyl halides is 3. The van der Waals surface area contributed by atoms with Crippen molar-refractivity contribution < 1.29 is 32.5 Å². The normalized spacial score (nSPS) is 17.4. The van der Waals surface area contributed by atoms with Gasteiger partial charge in [0.15, 0.2) is 11.5 Å². The van der Waals surface area contributed by atoms with E-state index in [-0.39, 0.29) is 17.9 Å². The highest BCUT2D eigenvalue weighted by molar-refractivity contribution is 5.77. The fourth-order valence-electron chi connectivity index (χ4n) is 2.09. The van der Waals surface area contributed by atoms with Crippen LogP contribution in [-0.4, -0.2) is 30.5 Å². The lowest BCUT2D eigenvalue weighted by atomic mass is 9.86. The Hall–Kier alpha value is -1.92. The summed E-state index contributed by atoms with van der Waals surface area (Å²) >= 11 is 0. The van der Waals surface area contributed by atoms with Gasteiger partial charge >= 0.3 is 12.1 Å². The number of aliphatic carboxylic acids is 1. The zero-order chi connectivity index (χ0) is 14.9. The maximum atomic E-state index is 12.8. The molecule has 1 aliphatic rings. The molecule has 0 radical (unpaired) electrons. The summed E-state index contributed by atoms with van der Waals surface area (Å²) in [5.74, 6) is -4.52. The summed E-state index contributed by atoms with van der Waals surface area (Å²) in [6.07, 6.45) is -4.59. The highest BCUT2D eigenvalue weighted by atomic mass is 19.4. The summed E-state index contributed by atoms with van der Waals surface area (Å²) in [5, 5.41) is 9.09. The van der Waals surface area contributed by atoms with Gasteiger partial charge in [-0.3, -0.25) is 4.79 Å². The molecule has 0 amide bonds. The predicted octanol–water partition coefficient (Wildman–Crippen LogP) is 2.82. The van der Waals surface area contributed by atoms with E-state index in [1.54, 1.807) is 0 Å². The minimum Gasteiger partial charge on any atom is -0.486 e. The SMILES string of the molecule is C[C@H]([C@@H](C(=O)O)c1ccc2c(c1)OCCO2)C(F)(F)F. The van der Waals surface area contributed by atoms with Crippen molar-refractivity contribution in [2.24, 2.45) is 5.92 Å². The molecule has 0 unspecified atom stereocenters. The van der Waals surface area contributed by atoms with Crippen molar-refractivity contribution in [3.63, 3.8) is 0 Å². The number of carboxylic acid groups (broad SMARTS) is 1. The fraction of sp³-hybridized carbons (Fsp3) is 0.462. The van der Waals surface area contributed by atoms with Crippen LogP contribution in [0.2, 0.25) is 0 Å². The number of halogens is 3. The molecular formula is C13H13F3O4. The van der Waals surface area contributed by atoms with Gasteiger partial charge < -0.3 is 14.6 Å². The van der Waals surface area contributed by atoms with Gasteiger partial charge in [0.25, 0.3) is 0 Å². The van der Waals surface area contributed by atoms with Gasteiger partial charge in [-0.05, 0) is 17.7 Å². The van der Waals surface area contributed by atoms with Crippen molar-refractivity contribution in [1.82, 2.24) is 0 Å². The summed E-state index contributed by atoms with van der Waals surface area (Å²) in [6, 6.07) is 4.06. The Morgan fingerprint density at radius 1 is 1.25 bits per heavy atom.